The van der Waals surface area contributed by atoms with Crippen LogP contribution in [0.4, 0.5) is 5.69 Å². The van der Waals surface area contributed by atoms with E-state index < -0.39 is 0 Å². The summed E-state index contributed by atoms with van der Waals surface area (Å²) in [5.74, 6) is -0.128. The van der Waals surface area contributed by atoms with Gasteiger partial charge in [-0.3, -0.25) is 14.5 Å². The SMILES string of the molecule is COC(=O)c1ccc(N2CCN(C(C)C(=O)N3CCN(C(C)=O)CC3)C(C)C2)cc1. The second-order valence-corrected chi connectivity index (χ2v) is 8.08. The van der Waals surface area contributed by atoms with E-state index in [4.69, 9.17) is 4.74 Å². The summed E-state index contributed by atoms with van der Waals surface area (Å²) in [4.78, 5) is 44.4. The number of carbonyl (C=O) groups excluding carboxylic acids is 3. The molecule has 0 spiro atoms. The number of ether oxygens (including phenoxy) is 1. The van der Waals surface area contributed by atoms with Crippen molar-refractivity contribution >= 4 is 23.5 Å². The highest BCUT2D eigenvalue weighted by molar-refractivity contribution is 5.89. The van der Waals surface area contributed by atoms with Crippen molar-refractivity contribution in [2.75, 3.05) is 57.8 Å². The van der Waals surface area contributed by atoms with Gasteiger partial charge >= 0.3 is 5.97 Å². The van der Waals surface area contributed by atoms with Gasteiger partial charge in [0.2, 0.25) is 11.8 Å². The van der Waals surface area contributed by atoms with Gasteiger partial charge < -0.3 is 19.4 Å². The Hall–Kier alpha value is -2.61. The molecule has 1 aromatic rings. The molecule has 1 aromatic carbocycles. The van der Waals surface area contributed by atoms with E-state index in [1.165, 1.54) is 7.11 Å². The first kappa shape index (κ1) is 22.1. The van der Waals surface area contributed by atoms with Crippen molar-refractivity contribution < 1.29 is 19.1 Å². The van der Waals surface area contributed by atoms with Crippen LogP contribution >= 0.6 is 0 Å². The second kappa shape index (κ2) is 9.47. The van der Waals surface area contributed by atoms with Gasteiger partial charge in [-0.25, -0.2) is 4.79 Å². The average Bonchev–Trinajstić information content (AvgIpc) is 2.77. The highest BCUT2D eigenvalue weighted by atomic mass is 16.5. The highest BCUT2D eigenvalue weighted by Gasteiger charge is 2.34. The van der Waals surface area contributed by atoms with Crippen molar-refractivity contribution in [3.05, 3.63) is 29.8 Å². The largest absolute Gasteiger partial charge is 0.465 e. The Morgan fingerprint density at radius 1 is 0.967 bits per heavy atom. The predicted molar refractivity (Wildman–Crippen MR) is 114 cm³/mol. The summed E-state index contributed by atoms with van der Waals surface area (Å²) >= 11 is 0. The zero-order chi connectivity index (χ0) is 21.8. The molecule has 2 heterocycles. The van der Waals surface area contributed by atoms with Crippen molar-refractivity contribution in [1.82, 2.24) is 14.7 Å². The Morgan fingerprint density at radius 2 is 1.57 bits per heavy atom. The highest BCUT2D eigenvalue weighted by Crippen LogP contribution is 2.22. The molecule has 2 aliphatic rings. The minimum Gasteiger partial charge on any atom is -0.465 e. The summed E-state index contributed by atoms with van der Waals surface area (Å²) in [6.07, 6.45) is 0. The molecule has 2 fully saturated rings. The Morgan fingerprint density at radius 3 is 2.10 bits per heavy atom. The Kier molecular flexibility index (Phi) is 6.97. The zero-order valence-electron chi connectivity index (χ0n) is 18.3. The van der Waals surface area contributed by atoms with Crippen LogP contribution in [0.1, 0.15) is 31.1 Å². The second-order valence-electron chi connectivity index (χ2n) is 8.08. The summed E-state index contributed by atoms with van der Waals surface area (Å²) in [5.41, 5.74) is 1.60. The number of esters is 1. The molecule has 0 aliphatic carbocycles. The van der Waals surface area contributed by atoms with E-state index in [1.807, 2.05) is 24.0 Å². The molecule has 2 unspecified atom stereocenters. The van der Waals surface area contributed by atoms with Crippen molar-refractivity contribution in [1.29, 1.82) is 0 Å². The molecule has 0 N–H and O–H groups in total. The first-order valence-corrected chi connectivity index (χ1v) is 10.5. The number of amides is 2. The molecule has 164 valence electrons. The molecule has 0 aromatic heterocycles. The summed E-state index contributed by atoms with van der Waals surface area (Å²) in [6, 6.07) is 7.48. The molecule has 2 atom stereocenters. The maximum Gasteiger partial charge on any atom is 0.337 e. The summed E-state index contributed by atoms with van der Waals surface area (Å²) in [6.45, 7) is 10.5. The van der Waals surface area contributed by atoms with E-state index in [0.717, 1.165) is 25.3 Å². The number of anilines is 1. The quantitative estimate of drug-likeness (QED) is 0.684. The van der Waals surface area contributed by atoms with E-state index in [0.29, 0.717) is 31.7 Å². The minimum absolute atomic E-state index is 0.0690. The standard InChI is InChI=1S/C22H32N4O4/c1-16-15-25(20-7-5-19(6-8-20)22(29)30-4)13-14-26(16)17(2)21(28)24-11-9-23(10-12-24)18(3)27/h5-8,16-17H,9-15H2,1-4H3. The lowest BCUT2D eigenvalue weighted by Gasteiger charge is -2.45. The molecule has 30 heavy (non-hydrogen) atoms. The maximum absolute atomic E-state index is 13.0. The molecule has 2 aliphatic heterocycles. The van der Waals surface area contributed by atoms with Crippen LogP contribution in [-0.4, -0.2) is 97.5 Å². The number of hydrogen-bond acceptors (Lipinski definition) is 6. The van der Waals surface area contributed by atoms with E-state index in [9.17, 15) is 14.4 Å². The number of benzene rings is 1. The minimum atomic E-state index is -0.337. The number of hydrogen-bond donors (Lipinski definition) is 0. The van der Waals surface area contributed by atoms with Gasteiger partial charge in [-0.2, -0.15) is 0 Å². The van der Waals surface area contributed by atoms with Crippen molar-refractivity contribution in [3.8, 4) is 0 Å². The third-order valence-electron chi connectivity index (χ3n) is 6.22. The lowest BCUT2D eigenvalue weighted by Crippen LogP contribution is -2.60. The molecule has 8 nitrogen and oxygen atoms in total. The van der Waals surface area contributed by atoms with Crippen molar-refractivity contribution in [3.63, 3.8) is 0 Å². The summed E-state index contributed by atoms with van der Waals surface area (Å²) in [7, 11) is 1.38. The van der Waals surface area contributed by atoms with Gasteiger partial charge in [-0.1, -0.05) is 0 Å². The molecule has 3 rings (SSSR count). The van der Waals surface area contributed by atoms with Crippen LogP contribution in [0.15, 0.2) is 24.3 Å². The molecule has 2 amide bonds. The lowest BCUT2D eigenvalue weighted by atomic mass is 10.1. The van der Waals surface area contributed by atoms with Crippen molar-refractivity contribution in [2.45, 2.75) is 32.9 Å². The van der Waals surface area contributed by atoms with Crippen LogP contribution in [0.2, 0.25) is 0 Å². The average molecular weight is 417 g/mol. The smallest absolute Gasteiger partial charge is 0.337 e. The van der Waals surface area contributed by atoms with Gasteiger partial charge in [0.1, 0.15) is 0 Å². The van der Waals surface area contributed by atoms with E-state index in [2.05, 4.69) is 16.7 Å². The van der Waals surface area contributed by atoms with Crippen molar-refractivity contribution in [2.24, 2.45) is 0 Å². The first-order chi connectivity index (χ1) is 14.3. The Balaban J connectivity index is 1.56. The van der Waals surface area contributed by atoms with Crippen LogP contribution in [-0.2, 0) is 14.3 Å². The molecule has 8 heteroatoms. The lowest BCUT2D eigenvalue weighted by molar-refractivity contribution is -0.142. The number of piperazine rings is 2. The Bertz CT molecular complexity index is 774. The van der Waals surface area contributed by atoms with E-state index in [-0.39, 0.29) is 29.9 Å². The topological polar surface area (TPSA) is 73.4 Å². The number of rotatable bonds is 4. The van der Waals surface area contributed by atoms with Crippen LogP contribution in [0.25, 0.3) is 0 Å². The van der Waals surface area contributed by atoms with Gasteiger partial charge in [0.15, 0.2) is 0 Å². The number of nitrogens with zero attached hydrogens (tertiary/aromatic N) is 4. The van der Waals surface area contributed by atoms with Gasteiger partial charge in [0.05, 0.1) is 18.7 Å². The van der Waals surface area contributed by atoms with Gasteiger partial charge in [0.25, 0.3) is 0 Å². The van der Waals surface area contributed by atoms with Gasteiger partial charge in [-0.05, 0) is 38.1 Å². The van der Waals surface area contributed by atoms with Crippen LogP contribution < -0.4 is 4.90 Å². The fourth-order valence-electron chi connectivity index (χ4n) is 4.36. The molecule has 0 radical (unpaired) electrons. The zero-order valence-corrected chi connectivity index (χ0v) is 18.3. The predicted octanol–water partition coefficient (Wildman–Crippen LogP) is 1.06. The fraction of sp³-hybridized carbons (Fsp3) is 0.591. The third kappa shape index (κ3) is 4.75. The van der Waals surface area contributed by atoms with Gasteiger partial charge in [-0.15, -0.1) is 0 Å². The Labute approximate surface area is 178 Å². The summed E-state index contributed by atoms with van der Waals surface area (Å²) < 4.78 is 4.75. The van der Waals surface area contributed by atoms with Gasteiger partial charge in [0, 0.05) is 64.5 Å². The normalized spacial score (nSPS) is 21.3. The molecule has 0 saturated carbocycles. The molecule has 0 bridgehead atoms. The number of carbonyl (C=O) groups is 3. The number of methoxy groups -OCH3 is 1. The molecule has 2 saturated heterocycles. The monoisotopic (exact) mass is 416 g/mol. The maximum atomic E-state index is 13.0. The van der Waals surface area contributed by atoms with E-state index >= 15 is 0 Å². The summed E-state index contributed by atoms with van der Waals surface area (Å²) in [5, 5.41) is 0. The van der Waals surface area contributed by atoms with E-state index in [1.54, 1.807) is 24.0 Å². The van der Waals surface area contributed by atoms with Crippen LogP contribution in [0, 0.1) is 0 Å². The van der Waals surface area contributed by atoms with Crippen LogP contribution in [0.3, 0.4) is 0 Å². The third-order valence-corrected chi connectivity index (χ3v) is 6.22. The first-order valence-electron chi connectivity index (χ1n) is 10.5. The fourth-order valence-corrected chi connectivity index (χ4v) is 4.36. The molecular formula is C22H32N4O4. The van der Waals surface area contributed by atoms with Crippen LogP contribution in [0.5, 0.6) is 0 Å². The molecular weight excluding hydrogens is 384 g/mol.